The molecule has 1 aliphatic heterocycles. The Kier molecular flexibility index (Phi) is 4.68. The van der Waals surface area contributed by atoms with Crippen LogP contribution >= 0.6 is 0 Å². The number of rotatable bonds is 5. The average molecular weight is 254 g/mol. The molecule has 2 heterocycles. The summed E-state index contributed by atoms with van der Waals surface area (Å²) < 4.78 is 7.48. The number of hydrogen-bond acceptors (Lipinski definition) is 5. The molecule has 0 aliphatic carbocycles. The highest BCUT2D eigenvalue weighted by Gasteiger charge is 2.20. The maximum absolute atomic E-state index is 9.67. The highest BCUT2D eigenvalue weighted by molar-refractivity contribution is 4.96. The predicted molar refractivity (Wildman–Crippen MR) is 67.1 cm³/mol. The summed E-state index contributed by atoms with van der Waals surface area (Å²) in [5.74, 6) is 0. The molecule has 0 radical (unpaired) electrons. The molecular weight excluding hydrogens is 232 g/mol. The lowest BCUT2D eigenvalue weighted by atomic mass is 10.2. The Morgan fingerprint density at radius 2 is 2.39 bits per heavy atom. The quantitative estimate of drug-likeness (QED) is 0.826. The lowest BCUT2D eigenvalue weighted by Gasteiger charge is -2.31. The zero-order valence-electron chi connectivity index (χ0n) is 11.1. The third-order valence-electron chi connectivity index (χ3n) is 3.35. The summed E-state index contributed by atoms with van der Waals surface area (Å²) in [7, 11) is 0. The smallest absolute Gasteiger partial charge is 0.111 e. The van der Waals surface area contributed by atoms with Crippen molar-refractivity contribution in [3.8, 4) is 0 Å². The SMILES string of the molecule is CCC(O)c1cn(CC2CN(CC)CCO2)nn1. The molecule has 102 valence electrons. The first-order chi connectivity index (χ1) is 8.72. The monoisotopic (exact) mass is 254 g/mol. The van der Waals surface area contributed by atoms with E-state index in [9.17, 15) is 5.11 Å². The molecular formula is C12H22N4O2. The Bertz CT molecular complexity index is 369. The van der Waals surface area contributed by atoms with Gasteiger partial charge in [0.2, 0.25) is 0 Å². The molecule has 2 unspecified atom stereocenters. The fourth-order valence-corrected chi connectivity index (χ4v) is 2.15. The number of aliphatic hydroxyl groups excluding tert-OH is 1. The van der Waals surface area contributed by atoms with Gasteiger partial charge in [-0.25, -0.2) is 4.68 Å². The minimum atomic E-state index is -0.516. The second-order valence-corrected chi connectivity index (χ2v) is 4.68. The Balaban J connectivity index is 1.90. The summed E-state index contributed by atoms with van der Waals surface area (Å²) in [5, 5.41) is 17.7. The summed E-state index contributed by atoms with van der Waals surface area (Å²) in [5.41, 5.74) is 0.639. The van der Waals surface area contributed by atoms with Gasteiger partial charge in [0.1, 0.15) is 5.69 Å². The van der Waals surface area contributed by atoms with Crippen LogP contribution in [0.2, 0.25) is 0 Å². The van der Waals surface area contributed by atoms with E-state index in [1.807, 2.05) is 13.1 Å². The van der Waals surface area contributed by atoms with Gasteiger partial charge in [-0.05, 0) is 13.0 Å². The van der Waals surface area contributed by atoms with Crippen LogP contribution in [0.5, 0.6) is 0 Å². The molecule has 0 aromatic carbocycles. The van der Waals surface area contributed by atoms with Crippen LogP contribution in [0.15, 0.2) is 6.20 Å². The lowest BCUT2D eigenvalue weighted by molar-refractivity contribution is -0.0360. The lowest BCUT2D eigenvalue weighted by Crippen LogP contribution is -2.44. The first-order valence-electron chi connectivity index (χ1n) is 6.65. The van der Waals surface area contributed by atoms with Crippen LogP contribution < -0.4 is 0 Å². The Morgan fingerprint density at radius 3 is 3.11 bits per heavy atom. The molecule has 1 aromatic rings. The van der Waals surface area contributed by atoms with Crippen LogP contribution in [0.3, 0.4) is 0 Å². The molecule has 1 saturated heterocycles. The number of aromatic nitrogens is 3. The Hall–Kier alpha value is -0.980. The predicted octanol–water partition coefficient (Wildman–Crippen LogP) is 0.442. The van der Waals surface area contributed by atoms with Crippen molar-refractivity contribution in [3.63, 3.8) is 0 Å². The summed E-state index contributed by atoms with van der Waals surface area (Å²) in [6.07, 6.45) is 2.11. The molecule has 18 heavy (non-hydrogen) atoms. The van der Waals surface area contributed by atoms with E-state index in [0.717, 1.165) is 26.2 Å². The van der Waals surface area contributed by atoms with Crippen molar-refractivity contribution < 1.29 is 9.84 Å². The van der Waals surface area contributed by atoms with Crippen molar-refractivity contribution in [2.75, 3.05) is 26.2 Å². The zero-order chi connectivity index (χ0) is 13.0. The van der Waals surface area contributed by atoms with Gasteiger partial charge in [-0.3, -0.25) is 4.90 Å². The number of likely N-dealkylation sites (N-methyl/N-ethyl adjacent to an activating group) is 1. The van der Waals surface area contributed by atoms with Crippen LogP contribution in [-0.4, -0.2) is 57.3 Å². The van der Waals surface area contributed by atoms with Gasteiger partial charge >= 0.3 is 0 Å². The van der Waals surface area contributed by atoms with Crippen molar-refractivity contribution in [1.82, 2.24) is 19.9 Å². The van der Waals surface area contributed by atoms with Gasteiger partial charge < -0.3 is 9.84 Å². The molecule has 1 aliphatic rings. The Labute approximate surface area is 108 Å². The van der Waals surface area contributed by atoms with Crippen molar-refractivity contribution in [2.45, 2.75) is 39.0 Å². The maximum atomic E-state index is 9.67. The van der Waals surface area contributed by atoms with Crippen LogP contribution in [0, 0.1) is 0 Å². The molecule has 1 aromatic heterocycles. The molecule has 2 atom stereocenters. The normalized spacial score (nSPS) is 23.2. The van der Waals surface area contributed by atoms with E-state index in [0.29, 0.717) is 18.7 Å². The minimum absolute atomic E-state index is 0.159. The van der Waals surface area contributed by atoms with Crippen LogP contribution in [-0.2, 0) is 11.3 Å². The van der Waals surface area contributed by atoms with Gasteiger partial charge in [-0.1, -0.05) is 19.1 Å². The standard InChI is InChI=1S/C12H22N4O2/c1-3-12(17)11-9-16(14-13-11)8-10-7-15(4-2)5-6-18-10/h9-10,12,17H,3-8H2,1-2H3. The van der Waals surface area contributed by atoms with E-state index in [-0.39, 0.29) is 6.10 Å². The topological polar surface area (TPSA) is 63.4 Å². The van der Waals surface area contributed by atoms with Crippen molar-refractivity contribution in [3.05, 3.63) is 11.9 Å². The second-order valence-electron chi connectivity index (χ2n) is 4.68. The van der Waals surface area contributed by atoms with E-state index < -0.39 is 6.10 Å². The molecule has 0 bridgehead atoms. The third kappa shape index (κ3) is 3.28. The molecule has 0 amide bonds. The van der Waals surface area contributed by atoms with E-state index in [1.54, 1.807) is 4.68 Å². The number of aliphatic hydroxyl groups is 1. The Morgan fingerprint density at radius 1 is 1.56 bits per heavy atom. The van der Waals surface area contributed by atoms with Crippen molar-refractivity contribution >= 4 is 0 Å². The summed E-state index contributed by atoms with van der Waals surface area (Å²) in [4.78, 5) is 2.37. The molecule has 6 heteroatoms. The van der Waals surface area contributed by atoms with E-state index >= 15 is 0 Å². The fraction of sp³-hybridized carbons (Fsp3) is 0.833. The number of hydrogen-bond donors (Lipinski definition) is 1. The fourth-order valence-electron chi connectivity index (χ4n) is 2.15. The van der Waals surface area contributed by atoms with Crippen LogP contribution in [0.1, 0.15) is 32.1 Å². The van der Waals surface area contributed by atoms with Crippen molar-refractivity contribution in [2.24, 2.45) is 0 Å². The summed E-state index contributed by atoms with van der Waals surface area (Å²) in [6, 6.07) is 0. The highest BCUT2D eigenvalue weighted by atomic mass is 16.5. The summed E-state index contributed by atoms with van der Waals surface area (Å²) >= 11 is 0. The average Bonchev–Trinajstić information content (AvgIpc) is 2.86. The summed E-state index contributed by atoms with van der Waals surface area (Å²) in [6.45, 7) is 8.54. The first-order valence-corrected chi connectivity index (χ1v) is 6.65. The van der Waals surface area contributed by atoms with E-state index in [1.165, 1.54) is 0 Å². The van der Waals surface area contributed by atoms with Gasteiger partial charge in [0, 0.05) is 13.1 Å². The molecule has 1 N–H and O–H groups in total. The van der Waals surface area contributed by atoms with Crippen LogP contribution in [0.25, 0.3) is 0 Å². The van der Waals surface area contributed by atoms with Gasteiger partial charge in [0.15, 0.2) is 0 Å². The van der Waals surface area contributed by atoms with Crippen LogP contribution in [0.4, 0.5) is 0 Å². The first kappa shape index (κ1) is 13.5. The van der Waals surface area contributed by atoms with Gasteiger partial charge in [0.05, 0.1) is 31.6 Å². The van der Waals surface area contributed by atoms with E-state index in [4.69, 9.17) is 4.74 Å². The number of morpholine rings is 1. The van der Waals surface area contributed by atoms with Gasteiger partial charge in [0.25, 0.3) is 0 Å². The van der Waals surface area contributed by atoms with E-state index in [2.05, 4.69) is 22.1 Å². The third-order valence-corrected chi connectivity index (χ3v) is 3.35. The zero-order valence-corrected chi connectivity index (χ0v) is 11.1. The highest BCUT2D eigenvalue weighted by Crippen LogP contribution is 2.13. The van der Waals surface area contributed by atoms with Gasteiger partial charge in [-0.15, -0.1) is 5.10 Å². The van der Waals surface area contributed by atoms with Crippen molar-refractivity contribution in [1.29, 1.82) is 0 Å². The minimum Gasteiger partial charge on any atom is -0.387 e. The molecule has 2 rings (SSSR count). The molecule has 6 nitrogen and oxygen atoms in total. The maximum Gasteiger partial charge on any atom is 0.111 e. The molecule has 0 saturated carbocycles. The molecule has 1 fully saturated rings. The largest absolute Gasteiger partial charge is 0.387 e. The number of ether oxygens (including phenoxy) is 1. The van der Waals surface area contributed by atoms with Gasteiger partial charge in [-0.2, -0.15) is 0 Å². The molecule has 0 spiro atoms. The number of nitrogens with zero attached hydrogens (tertiary/aromatic N) is 4. The second kappa shape index (κ2) is 6.26.